The van der Waals surface area contributed by atoms with Crippen molar-refractivity contribution in [1.82, 2.24) is 5.32 Å². The van der Waals surface area contributed by atoms with E-state index >= 15 is 0 Å². The average Bonchev–Trinajstić information content (AvgIpc) is 2.82. The number of benzene rings is 3. The van der Waals surface area contributed by atoms with E-state index in [1.54, 1.807) is 73.8 Å². The van der Waals surface area contributed by atoms with Gasteiger partial charge in [-0.25, -0.2) is 4.79 Å². The molecule has 1 amide bonds. The molecule has 0 atom stereocenters. The Bertz CT molecular complexity index is 1130. The summed E-state index contributed by atoms with van der Waals surface area (Å²) >= 11 is 0. The quantitative estimate of drug-likeness (QED) is 0.273. The summed E-state index contributed by atoms with van der Waals surface area (Å²) in [6.07, 6.45) is 1.73. The fraction of sp³-hybridized carbons (Fsp3) is 0.0800. The molecule has 0 heterocycles. The van der Waals surface area contributed by atoms with E-state index in [1.165, 1.54) is 0 Å². The molecular formula is C25H20N2O4. The number of esters is 1. The number of amides is 1. The third kappa shape index (κ3) is 5.81. The zero-order valence-electron chi connectivity index (χ0n) is 16.9. The molecular weight excluding hydrogens is 392 g/mol. The maximum absolute atomic E-state index is 12.0. The topological polar surface area (TPSA) is 88.4 Å². The highest BCUT2D eigenvalue weighted by molar-refractivity contribution is 5.96. The predicted molar refractivity (Wildman–Crippen MR) is 117 cm³/mol. The Kier molecular flexibility index (Phi) is 7.17. The Morgan fingerprint density at radius 3 is 2.32 bits per heavy atom. The van der Waals surface area contributed by atoms with Crippen LogP contribution in [0.15, 0.2) is 78.9 Å². The second-order valence-electron chi connectivity index (χ2n) is 6.46. The Labute approximate surface area is 180 Å². The Morgan fingerprint density at radius 2 is 1.65 bits per heavy atom. The van der Waals surface area contributed by atoms with Crippen molar-refractivity contribution in [2.45, 2.75) is 0 Å². The summed E-state index contributed by atoms with van der Waals surface area (Å²) in [7, 11) is 1.55. The van der Waals surface area contributed by atoms with Gasteiger partial charge >= 0.3 is 5.97 Å². The molecule has 0 saturated carbocycles. The first-order chi connectivity index (χ1) is 15.1. The Morgan fingerprint density at radius 1 is 0.968 bits per heavy atom. The molecule has 3 aromatic rings. The molecule has 3 aromatic carbocycles. The van der Waals surface area contributed by atoms with Crippen molar-refractivity contribution in [2.75, 3.05) is 13.7 Å². The van der Waals surface area contributed by atoms with Crippen LogP contribution in [0, 0.1) is 11.3 Å². The molecule has 0 aliphatic carbocycles. The predicted octanol–water partition coefficient (Wildman–Crippen LogP) is 4.09. The molecule has 0 radical (unpaired) electrons. The zero-order chi connectivity index (χ0) is 22.1. The van der Waals surface area contributed by atoms with Crippen molar-refractivity contribution in [3.05, 3.63) is 95.6 Å². The van der Waals surface area contributed by atoms with E-state index in [0.29, 0.717) is 28.2 Å². The number of hydrogen-bond donors (Lipinski definition) is 1. The molecule has 0 aromatic heterocycles. The summed E-state index contributed by atoms with van der Waals surface area (Å²) in [6.45, 7) is -0.248. The first kappa shape index (κ1) is 21.3. The van der Waals surface area contributed by atoms with Gasteiger partial charge in [-0.2, -0.15) is 5.26 Å². The molecule has 0 fully saturated rings. The number of carbonyl (C=O) groups is 2. The number of rotatable bonds is 7. The lowest BCUT2D eigenvalue weighted by atomic mass is 10.0. The summed E-state index contributed by atoms with van der Waals surface area (Å²) in [6, 6.07) is 24.8. The van der Waals surface area contributed by atoms with E-state index < -0.39 is 5.97 Å². The highest BCUT2D eigenvalue weighted by atomic mass is 16.5. The third-order valence-corrected chi connectivity index (χ3v) is 4.37. The van der Waals surface area contributed by atoms with Crippen molar-refractivity contribution in [3.63, 3.8) is 0 Å². The molecule has 1 N–H and O–H groups in total. The molecule has 0 spiro atoms. The SMILES string of the molecule is COc1ccccc1/C(C#N)=C\c1ccc(OC(=O)CNC(=O)c2ccccc2)cc1. The van der Waals surface area contributed by atoms with Crippen molar-refractivity contribution in [3.8, 4) is 17.6 Å². The standard InChI is InChI=1S/C25H20N2O4/c1-30-23-10-6-5-9-22(23)20(16-26)15-18-11-13-21(14-12-18)31-24(28)17-27-25(29)19-7-3-2-4-8-19/h2-15H,17H2,1H3,(H,27,29)/b20-15-. The lowest BCUT2D eigenvalue weighted by Gasteiger charge is -2.08. The molecule has 6 nitrogen and oxygen atoms in total. The number of nitriles is 1. The minimum absolute atomic E-state index is 0.248. The van der Waals surface area contributed by atoms with Gasteiger partial charge in [-0.3, -0.25) is 4.79 Å². The Balaban J connectivity index is 1.62. The van der Waals surface area contributed by atoms with E-state index in [0.717, 1.165) is 5.56 Å². The first-order valence-corrected chi connectivity index (χ1v) is 9.50. The van der Waals surface area contributed by atoms with Gasteiger partial charge in [-0.05, 0) is 48.0 Å². The van der Waals surface area contributed by atoms with Crippen molar-refractivity contribution in [1.29, 1.82) is 5.26 Å². The molecule has 3 rings (SSSR count). The van der Waals surface area contributed by atoms with Crippen LogP contribution in [-0.2, 0) is 4.79 Å². The van der Waals surface area contributed by atoms with Gasteiger partial charge in [0.25, 0.3) is 5.91 Å². The van der Waals surface area contributed by atoms with E-state index in [4.69, 9.17) is 9.47 Å². The normalized spacial score (nSPS) is 10.6. The maximum atomic E-state index is 12.0. The zero-order valence-corrected chi connectivity index (χ0v) is 16.9. The van der Waals surface area contributed by atoms with Crippen molar-refractivity contribution < 1.29 is 19.1 Å². The smallest absolute Gasteiger partial charge is 0.330 e. The number of ether oxygens (including phenoxy) is 2. The minimum Gasteiger partial charge on any atom is -0.496 e. The number of methoxy groups -OCH3 is 1. The van der Waals surface area contributed by atoms with Gasteiger partial charge in [0.15, 0.2) is 0 Å². The number of allylic oxidation sites excluding steroid dienone is 1. The maximum Gasteiger partial charge on any atom is 0.330 e. The Hall–Kier alpha value is -4.37. The van der Waals surface area contributed by atoms with Crippen molar-refractivity contribution in [2.24, 2.45) is 0 Å². The van der Waals surface area contributed by atoms with Gasteiger partial charge in [-0.15, -0.1) is 0 Å². The third-order valence-electron chi connectivity index (χ3n) is 4.37. The van der Waals surface area contributed by atoms with Crippen LogP contribution in [-0.4, -0.2) is 25.5 Å². The van der Waals surface area contributed by atoms with Crippen LogP contribution in [0.2, 0.25) is 0 Å². The van der Waals surface area contributed by atoms with Crippen LogP contribution in [0.1, 0.15) is 21.5 Å². The van der Waals surface area contributed by atoms with Gasteiger partial charge in [0, 0.05) is 11.1 Å². The fourth-order valence-corrected chi connectivity index (χ4v) is 2.85. The van der Waals surface area contributed by atoms with Gasteiger partial charge in [0.1, 0.15) is 18.0 Å². The van der Waals surface area contributed by atoms with Crippen LogP contribution in [0.5, 0.6) is 11.5 Å². The van der Waals surface area contributed by atoms with Gasteiger partial charge < -0.3 is 14.8 Å². The number of hydrogen-bond acceptors (Lipinski definition) is 5. The summed E-state index contributed by atoms with van der Waals surface area (Å²) in [5.41, 5.74) is 2.37. The number of nitrogens with zero attached hydrogens (tertiary/aromatic N) is 1. The lowest BCUT2D eigenvalue weighted by Crippen LogP contribution is -2.31. The summed E-state index contributed by atoms with van der Waals surface area (Å²) < 4.78 is 10.6. The largest absolute Gasteiger partial charge is 0.496 e. The molecule has 0 unspecified atom stereocenters. The van der Waals surface area contributed by atoms with Crippen LogP contribution < -0.4 is 14.8 Å². The number of para-hydroxylation sites is 1. The second-order valence-corrected chi connectivity index (χ2v) is 6.46. The van der Waals surface area contributed by atoms with Crippen LogP contribution in [0.4, 0.5) is 0 Å². The van der Waals surface area contributed by atoms with Gasteiger partial charge in [0.05, 0.1) is 18.8 Å². The van der Waals surface area contributed by atoms with E-state index in [2.05, 4.69) is 11.4 Å². The molecule has 154 valence electrons. The summed E-state index contributed by atoms with van der Waals surface area (Å²) in [5, 5.41) is 12.1. The average molecular weight is 412 g/mol. The summed E-state index contributed by atoms with van der Waals surface area (Å²) in [4.78, 5) is 24.0. The van der Waals surface area contributed by atoms with Crippen LogP contribution in [0.3, 0.4) is 0 Å². The molecule has 0 bridgehead atoms. The highest BCUT2D eigenvalue weighted by Gasteiger charge is 2.10. The summed E-state index contributed by atoms with van der Waals surface area (Å²) in [5.74, 6) is 0.0167. The van der Waals surface area contributed by atoms with Crippen LogP contribution in [0.25, 0.3) is 11.6 Å². The lowest BCUT2D eigenvalue weighted by molar-refractivity contribution is -0.133. The van der Waals surface area contributed by atoms with Gasteiger partial charge in [0.2, 0.25) is 0 Å². The highest BCUT2D eigenvalue weighted by Crippen LogP contribution is 2.27. The minimum atomic E-state index is -0.584. The van der Waals surface area contributed by atoms with E-state index in [1.807, 2.05) is 18.2 Å². The molecule has 0 saturated heterocycles. The van der Waals surface area contributed by atoms with Crippen LogP contribution >= 0.6 is 0 Å². The second kappa shape index (κ2) is 10.4. The number of nitrogens with one attached hydrogen (secondary N) is 1. The van der Waals surface area contributed by atoms with Crippen molar-refractivity contribution >= 4 is 23.5 Å². The molecule has 0 aliphatic rings. The van der Waals surface area contributed by atoms with E-state index in [9.17, 15) is 14.9 Å². The molecule has 6 heteroatoms. The molecule has 0 aliphatic heterocycles. The molecule has 31 heavy (non-hydrogen) atoms. The first-order valence-electron chi connectivity index (χ1n) is 9.50. The number of carbonyl (C=O) groups excluding carboxylic acids is 2. The fourth-order valence-electron chi connectivity index (χ4n) is 2.85. The van der Waals surface area contributed by atoms with E-state index in [-0.39, 0.29) is 12.5 Å². The van der Waals surface area contributed by atoms with Gasteiger partial charge in [-0.1, -0.05) is 42.5 Å². The monoisotopic (exact) mass is 412 g/mol.